The molecule has 164 valence electrons. The van der Waals surface area contributed by atoms with Crippen LogP contribution < -0.4 is 0 Å². The Kier molecular flexibility index (Phi) is 6.06. The summed E-state index contributed by atoms with van der Waals surface area (Å²) < 4.78 is 2.25. The summed E-state index contributed by atoms with van der Waals surface area (Å²) in [6, 6.07) is 22.0. The number of nitrogens with zero attached hydrogens (tertiary/aromatic N) is 1. The molecule has 4 rings (SSSR count). The zero-order valence-corrected chi connectivity index (χ0v) is 21.5. The first-order valence-corrected chi connectivity index (χ1v) is 14.1. The van der Waals surface area contributed by atoms with Crippen molar-refractivity contribution in [1.29, 1.82) is 0 Å². The summed E-state index contributed by atoms with van der Waals surface area (Å²) >= 11 is 0. The van der Waals surface area contributed by atoms with Crippen LogP contribution in [0.3, 0.4) is 0 Å². The number of hydrogen-bond donors (Lipinski definition) is 0. The van der Waals surface area contributed by atoms with Crippen LogP contribution in [0.2, 0.25) is 16.6 Å². The summed E-state index contributed by atoms with van der Waals surface area (Å²) in [6.45, 7) is 14.3. The van der Waals surface area contributed by atoms with E-state index in [0.717, 1.165) is 5.56 Å². The molecule has 32 heavy (non-hydrogen) atoms. The smallest absolute Gasteiger partial charge is 0.146 e. The zero-order valence-electron chi connectivity index (χ0n) is 20.5. The number of fused-ring (bicyclic) bond motifs is 2. The Bertz CT molecular complexity index is 1300. The van der Waals surface area contributed by atoms with E-state index in [-0.39, 0.29) is 0 Å². The van der Waals surface area contributed by atoms with E-state index in [1.807, 2.05) is 0 Å². The van der Waals surface area contributed by atoms with Crippen LogP contribution in [0, 0.1) is 11.5 Å². The van der Waals surface area contributed by atoms with Crippen molar-refractivity contribution in [3.8, 4) is 22.6 Å². The monoisotopic (exact) mass is 437 g/mol. The number of benzene rings is 3. The number of aryl methyl sites for hydroxylation is 1. The van der Waals surface area contributed by atoms with Crippen molar-refractivity contribution >= 4 is 29.7 Å². The van der Waals surface area contributed by atoms with Crippen molar-refractivity contribution in [2.24, 2.45) is 7.05 Å². The first kappa shape index (κ1) is 22.4. The van der Waals surface area contributed by atoms with Crippen molar-refractivity contribution in [2.75, 3.05) is 0 Å². The molecule has 0 saturated carbocycles. The second-order valence-corrected chi connectivity index (χ2v) is 15.6. The maximum absolute atomic E-state index is 3.96. The Morgan fingerprint density at radius 3 is 2.06 bits per heavy atom. The topological polar surface area (TPSA) is 4.93 Å². The number of rotatable bonds is 4. The minimum atomic E-state index is -1.82. The molecule has 2 heteroatoms. The van der Waals surface area contributed by atoms with Crippen LogP contribution in [0.4, 0.5) is 0 Å². The van der Waals surface area contributed by atoms with Gasteiger partial charge in [-0.3, -0.25) is 0 Å². The predicted octanol–water partition coefficient (Wildman–Crippen LogP) is 8.57. The predicted molar refractivity (Wildman–Crippen MR) is 144 cm³/mol. The first-order chi connectivity index (χ1) is 15.3. The van der Waals surface area contributed by atoms with E-state index in [1.165, 1.54) is 32.8 Å². The lowest BCUT2D eigenvalue weighted by molar-refractivity contribution is 0.838. The van der Waals surface area contributed by atoms with Gasteiger partial charge in [0.2, 0.25) is 0 Å². The van der Waals surface area contributed by atoms with Crippen molar-refractivity contribution in [1.82, 2.24) is 4.57 Å². The van der Waals surface area contributed by atoms with Gasteiger partial charge >= 0.3 is 0 Å². The number of aromatic nitrogens is 1. The van der Waals surface area contributed by atoms with Gasteiger partial charge in [0.1, 0.15) is 8.07 Å². The molecular weight excluding hydrogens is 402 g/mol. The molecule has 1 heterocycles. The Hall–Kier alpha value is -2.76. The van der Waals surface area contributed by atoms with Gasteiger partial charge in [0, 0.05) is 29.8 Å². The molecule has 1 aromatic heterocycles. The van der Waals surface area contributed by atoms with Crippen molar-refractivity contribution < 1.29 is 0 Å². The molecule has 0 aliphatic heterocycles. The lowest BCUT2D eigenvalue weighted by Crippen LogP contribution is -2.43. The van der Waals surface area contributed by atoms with E-state index < -0.39 is 8.07 Å². The average Bonchev–Trinajstić information content (AvgIpc) is 3.14. The third-order valence-electron chi connectivity index (χ3n) is 7.38. The molecule has 0 aliphatic carbocycles. The van der Waals surface area contributed by atoms with E-state index in [9.17, 15) is 0 Å². The summed E-state index contributed by atoms with van der Waals surface area (Å²) in [5.41, 5.74) is 10.8. The van der Waals surface area contributed by atoms with Crippen LogP contribution in [0.5, 0.6) is 0 Å². The molecule has 0 unspecified atom stereocenters. The molecule has 0 aliphatic rings. The zero-order chi connectivity index (χ0) is 23.0. The molecule has 0 radical (unpaired) electrons. The van der Waals surface area contributed by atoms with Gasteiger partial charge in [0.05, 0.1) is 5.52 Å². The highest BCUT2D eigenvalue weighted by Crippen LogP contribution is 2.41. The van der Waals surface area contributed by atoms with Crippen LogP contribution in [-0.4, -0.2) is 12.6 Å². The maximum Gasteiger partial charge on any atom is 0.146 e. The van der Waals surface area contributed by atoms with Gasteiger partial charge in [0.15, 0.2) is 0 Å². The van der Waals surface area contributed by atoms with Crippen LogP contribution in [0.1, 0.15) is 47.1 Å². The molecule has 0 bridgehead atoms. The molecule has 0 saturated heterocycles. The average molecular weight is 438 g/mol. The molecule has 3 aromatic carbocycles. The lowest BCUT2D eigenvalue weighted by Gasteiger charge is -2.38. The largest absolute Gasteiger partial charge is 0.350 e. The fourth-order valence-electron chi connectivity index (χ4n) is 5.82. The van der Waals surface area contributed by atoms with E-state index >= 15 is 0 Å². The van der Waals surface area contributed by atoms with Crippen molar-refractivity contribution in [3.05, 3.63) is 72.4 Å². The standard InChI is InChI=1S/C30H35NSi/c1-21(2)32(22(3)4,23(5)6)20-18-25-15-16-26-17-19-31(7)30(26)29(25)28-14-10-12-24-11-8-9-13-27(24)28/h8-17,19,21-23H,1-7H3. The Morgan fingerprint density at radius 1 is 0.719 bits per heavy atom. The van der Waals surface area contributed by atoms with Crippen LogP contribution >= 0.6 is 0 Å². The van der Waals surface area contributed by atoms with Gasteiger partial charge in [-0.1, -0.05) is 96.0 Å². The minimum absolute atomic E-state index is 0.620. The molecular formula is C30H35NSi. The lowest BCUT2D eigenvalue weighted by atomic mass is 9.93. The summed E-state index contributed by atoms with van der Waals surface area (Å²) in [5, 5.41) is 3.82. The highest BCUT2D eigenvalue weighted by Gasteiger charge is 2.41. The summed E-state index contributed by atoms with van der Waals surface area (Å²) in [7, 11) is 0.322. The summed E-state index contributed by atoms with van der Waals surface area (Å²) in [4.78, 5) is 0. The first-order valence-electron chi connectivity index (χ1n) is 11.9. The SMILES string of the molecule is CC(C)[Si](C#Cc1ccc2ccn(C)c2c1-c1cccc2ccccc12)(C(C)C)C(C)C. The quantitative estimate of drug-likeness (QED) is 0.222. The molecule has 0 fully saturated rings. The van der Waals surface area contributed by atoms with Gasteiger partial charge in [0.25, 0.3) is 0 Å². The van der Waals surface area contributed by atoms with Gasteiger partial charge in [-0.05, 0) is 45.1 Å². The highest BCUT2D eigenvalue weighted by molar-refractivity contribution is 6.90. The molecule has 0 spiro atoms. The molecule has 0 amide bonds. The minimum Gasteiger partial charge on any atom is -0.350 e. The molecule has 0 N–H and O–H groups in total. The highest BCUT2D eigenvalue weighted by atomic mass is 28.3. The van der Waals surface area contributed by atoms with Crippen LogP contribution in [-0.2, 0) is 7.05 Å². The van der Waals surface area contributed by atoms with Crippen LogP contribution in [0.25, 0.3) is 32.8 Å². The molecule has 4 aromatic rings. The Balaban J connectivity index is 2.06. The van der Waals surface area contributed by atoms with Crippen molar-refractivity contribution in [3.63, 3.8) is 0 Å². The Morgan fingerprint density at radius 2 is 1.38 bits per heavy atom. The van der Waals surface area contributed by atoms with Gasteiger partial charge in [-0.25, -0.2) is 0 Å². The normalized spacial score (nSPS) is 12.2. The number of hydrogen-bond acceptors (Lipinski definition) is 0. The van der Waals surface area contributed by atoms with Crippen LogP contribution in [0.15, 0.2) is 66.9 Å². The molecule has 0 atom stereocenters. The second kappa shape index (κ2) is 8.64. The van der Waals surface area contributed by atoms with Gasteiger partial charge in [-0.2, -0.15) is 0 Å². The fourth-order valence-corrected chi connectivity index (χ4v) is 11.0. The molecule has 1 nitrogen and oxygen atoms in total. The van der Waals surface area contributed by atoms with E-state index in [0.29, 0.717) is 16.6 Å². The summed E-state index contributed by atoms with van der Waals surface area (Å²) in [6.07, 6.45) is 2.16. The van der Waals surface area contributed by atoms with E-state index in [2.05, 4.69) is 131 Å². The Labute approximate surface area is 194 Å². The van der Waals surface area contributed by atoms with Crippen molar-refractivity contribution in [2.45, 2.75) is 58.2 Å². The van der Waals surface area contributed by atoms with E-state index in [4.69, 9.17) is 0 Å². The second-order valence-electron chi connectivity index (χ2n) is 10.0. The maximum atomic E-state index is 3.96. The van der Waals surface area contributed by atoms with Gasteiger partial charge < -0.3 is 4.57 Å². The van der Waals surface area contributed by atoms with Gasteiger partial charge in [-0.15, -0.1) is 5.54 Å². The third kappa shape index (κ3) is 3.59. The summed E-state index contributed by atoms with van der Waals surface area (Å²) in [5.74, 6) is 3.77. The fraction of sp³-hybridized carbons (Fsp3) is 0.333. The van der Waals surface area contributed by atoms with E-state index in [1.54, 1.807) is 0 Å². The third-order valence-corrected chi connectivity index (χ3v) is 13.7.